The van der Waals surface area contributed by atoms with Crippen LogP contribution in [0.1, 0.15) is 43.2 Å². The average Bonchev–Trinajstić information content (AvgIpc) is 3.33. The number of carbonyl (C=O) groups excluding carboxylic acids is 2. The van der Waals surface area contributed by atoms with Gasteiger partial charge in [-0.1, -0.05) is 6.07 Å². The van der Waals surface area contributed by atoms with Crippen molar-refractivity contribution < 1.29 is 14.3 Å². The quantitative estimate of drug-likeness (QED) is 0.324. The number of nitrogens with zero attached hydrogens (tertiary/aromatic N) is 3. The summed E-state index contributed by atoms with van der Waals surface area (Å²) in [4.78, 5) is 29.5. The Morgan fingerprint density at radius 2 is 1.78 bits per heavy atom. The number of methoxy groups -OCH3 is 1. The van der Waals surface area contributed by atoms with Gasteiger partial charge in [0.2, 0.25) is 6.41 Å². The molecule has 3 N–H and O–H groups in total. The van der Waals surface area contributed by atoms with E-state index in [2.05, 4.69) is 37.8 Å². The third kappa shape index (κ3) is 14.3. The highest BCUT2D eigenvalue weighted by Gasteiger charge is 2.12. The Labute approximate surface area is 220 Å². The number of rotatable bonds is 10. The first-order valence-corrected chi connectivity index (χ1v) is 13.2. The fourth-order valence-corrected chi connectivity index (χ4v) is 3.79. The molecule has 2 aromatic rings. The number of nitrogens with one attached hydrogen (secondary N) is 3. The maximum absolute atomic E-state index is 10.5. The van der Waals surface area contributed by atoms with E-state index in [0.29, 0.717) is 12.1 Å². The minimum absolute atomic E-state index is 0.0417. The van der Waals surface area contributed by atoms with Crippen LogP contribution in [0.2, 0.25) is 0 Å². The van der Waals surface area contributed by atoms with E-state index in [4.69, 9.17) is 4.74 Å². The summed E-state index contributed by atoms with van der Waals surface area (Å²) in [5.41, 5.74) is 3.44. The number of pyridine rings is 1. The van der Waals surface area contributed by atoms with Gasteiger partial charge in [0.05, 0.1) is 17.0 Å². The predicted molar refractivity (Wildman–Crippen MR) is 150 cm³/mol. The molecule has 0 spiro atoms. The van der Waals surface area contributed by atoms with Crippen LogP contribution in [-0.4, -0.2) is 93.6 Å². The summed E-state index contributed by atoms with van der Waals surface area (Å²) in [6, 6.07) is 3.71. The highest BCUT2D eigenvalue weighted by Crippen LogP contribution is 2.24. The molecule has 3 heterocycles. The number of aldehydes is 1. The van der Waals surface area contributed by atoms with Gasteiger partial charge in [-0.15, -0.1) is 11.3 Å². The van der Waals surface area contributed by atoms with Crippen LogP contribution >= 0.6 is 11.3 Å². The second kappa shape index (κ2) is 18.0. The van der Waals surface area contributed by atoms with Crippen molar-refractivity contribution >= 4 is 35.4 Å². The number of hydrogen-bond acceptors (Lipinski definition) is 9. The maximum Gasteiger partial charge on any atom is 0.211 e. The van der Waals surface area contributed by atoms with Crippen molar-refractivity contribution in [1.82, 2.24) is 20.1 Å². The summed E-state index contributed by atoms with van der Waals surface area (Å²) in [5, 5.41) is 12.8. The Bertz CT molecular complexity index is 846. The molecule has 3 rings (SSSR count). The van der Waals surface area contributed by atoms with Gasteiger partial charge in [-0.05, 0) is 59.0 Å². The van der Waals surface area contributed by atoms with Crippen LogP contribution < -0.4 is 16.0 Å². The van der Waals surface area contributed by atoms with Crippen LogP contribution in [-0.2, 0) is 16.1 Å². The molecule has 1 aliphatic rings. The number of carbonyl (C=O) groups is 2. The number of aromatic nitrogens is 1. The Balaban J connectivity index is 0.000000335. The standard InChI is InChI=1S/C15H24N4O.C6H8N2OS.C5H12O/c1-18-7-9-19(10-8-18)6-2-5-16-11-14-3-4-15(13-20)17-12-14;1-7-5-2-10-3-6(5)8-4-9;1-5(2,3)6-4/h3-4,12-13,16H,2,5-11H2,1H3;2-4,7H,1H3,(H,8,9);1-4H3. The van der Waals surface area contributed by atoms with Crippen molar-refractivity contribution in [3.63, 3.8) is 0 Å². The van der Waals surface area contributed by atoms with Gasteiger partial charge in [-0.3, -0.25) is 14.6 Å². The van der Waals surface area contributed by atoms with Crippen molar-refractivity contribution in [2.45, 2.75) is 39.3 Å². The van der Waals surface area contributed by atoms with Crippen molar-refractivity contribution in [2.75, 3.05) is 71.1 Å². The molecule has 0 saturated carbocycles. The third-order valence-corrected chi connectivity index (χ3v) is 6.22. The van der Waals surface area contributed by atoms with E-state index in [0.717, 1.165) is 36.3 Å². The van der Waals surface area contributed by atoms with E-state index in [1.807, 2.05) is 44.6 Å². The molecule has 1 amide bonds. The van der Waals surface area contributed by atoms with Crippen LogP contribution in [0.25, 0.3) is 0 Å². The second-order valence-corrected chi connectivity index (χ2v) is 10.2. The molecule has 202 valence electrons. The predicted octanol–water partition coefficient (Wildman–Crippen LogP) is 3.41. The number of hydrogen-bond donors (Lipinski definition) is 3. The van der Waals surface area contributed by atoms with Crippen molar-refractivity contribution in [2.24, 2.45) is 0 Å². The number of thiophene rings is 1. The maximum atomic E-state index is 10.5. The molecule has 0 unspecified atom stereocenters. The van der Waals surface area contributed by atoms with Crippen LogP contribution in [0.4, 0.5) is 11.4 Å². The number of amides is 1. The monoisotopic (exact) mass is 520 g/mol. The minimum atomic E-state index is 0.0417. The summed E-state index contributed by atoms with van der Waals surface area (Å²) < 4.78 is 4.94. The summed E-state index contributed by atoms with van der Waals surface area (Å²) in [5.74, 6) is 0. The van der Waals surface area contributed by atoms with Crippen LogP contribution in [0.15, 0.2) is 29.1 Å². The SMILES string of the molecule is CN1CCN(CCCNCc2ccc(C=O)nc2)CC1.CNc1cscc1NC=O.COC(C)(C)C. The molecule has 9 nitrogen and oxygen atoms in total. The molecule has 10 heteroatoms. The average molecular weight is 521 g/mol. The fraction of sp³-hybridized carbons (Fsp3) is 0.577. The van der Waals surface area contributed by atoms with Gasteiger partial charge >= 0.3 is 0 Å². The van der Waals surface area contributed by atoms with Gasteiger partial charge in [0.1, 0.15) is 5.69 Å². The highest BCUT2D eigenvalue weighted by atomic mass is 32.1. The van der Waals surface area contributed by atoms with Crippen LogP contribution in [0.5, 0.6) is 0 Å². The van der Waals surface area contributed by atoms with Crippen LogP contribution in [0, 0.1) is 0 Å². The lowest BCUT2D eigenvalue weighted by Crippen LogP contribution is -2.45. The molecule has 0 bridgehead atoms. The van der Waals surface area contributed by atoms with Gasteiger partial charge in [0, 0.05) is 63.8 Å². The van der Waals surface area contributed by atoms with E-state index in [1.165, 1.54) is 39.1 Å². The van der Waals surface area contributed by atoms with E-state index >= 15 is 0 Å². The fourth-order valence-electron chi connectivity index (χ4n) is 3.01. The molecule has 1 fully saturated rings. The zero-order valence-corrected chi connectivity index (χ0v) is 23.5. The van der Waals surface area contributed by atoms with Crippen molar-refractivity contribution in [3.05, 3.63) is 40.3 Å². The van der Waals surface area contributed by atoms with Gasteiger partial charge in [-0.25, -0.2) is 0 Å². The van der Waals surface area contributed by atoms with Crippen molar-refractivity contribution in [3.8, 4) is 0 Å². The van der Waals surface area contributed by atoms with E-state index in [1.54, 1.807) is 30.7 Å². The second-order valence-electron chi connectivity index (χ2n) is 9.41. The van der Waals surface area contributed by atoms with Crippen LogP contribution in [0.3, 0.4) is 0 Å². The third-order valence-electron chi connectivity index (χ3n) is 5.48. The first kappa shape index (κ1) is 31.7. The number of likely N-dealkylation sites (N-methyl/N-ethyl adjacent to an activating group) is 1. The zero-order chi connectivity index (χ0) is 26.8. The molecule has 36 heavy (non-hydrogen) atoms. The zero-order valence-electron chi connectivity index (χ0n) is 22.7. The lowest BCUT2D eigenvalue weighted by Gasteiger charge is -2.32. The van der Waals surface area contributed by atoms with Gasteiger partial charge in [-0.2, -0.15) is 0 Å². The van der Waals surface area contributed by atoms with Gasteiger partial charge < -0.3 is 30.5 Å². The van der Waals surface area contributed by atoms with Crippen molar-refractivity contribution in [1.29, 1.82) is 0 Å². The smallest absolute Gasteiger partial charge is 0.211 e. The Hall–Kier alpha value is -2.37. The first-order chi connectivity index (χ1) is 17.2. The first-order valence-electron chi connectivity index (χ1n) is 12.2. The molecule has 2 aromatic heterocycles. The lowest BCUT2D eigenvalue weighted by atomic mass is 10.2. The normalized spacial score (nSPS) is 14.1. The Morgan fingerprint density at radius 1 is 1.11 bits per heavy atom. The van der Waals surface area contributed by atoms with E-state index < -0.39 is 0 Å². The summed E-state index contributed by atoms with van der Waals surface area (Å²) in [6.45, 7) is 13.8. The minimum Gasteiger partial charge on any atom is -0.386 e. The number of piperazine rings is 1. The van der Waals surface area contributed by atoms with E-state index in [9.17, 15) is 9.59 Å². The molecule has 0 atom stereocenters. The Kier molecular flexibility index (Phi) is 15.8. The summed E-state index contributed by atoms with van der Waals surface area (Å²) in [6.07, 6.45) is 4.37. The Morgan fingerprint density at radius 3 is 2.31 bits per heavy atom. The summed E-state index contributed by atoms with van der Waals surface area (Å²) >= 11 is 1.55. The van der Waals surface area contributed by atoms with E-state index in [-0.39, 0.29) is 5.60 Å². The largest absolute Gasteiger partial charge is 0.386 e. The molecule has 0 aromatic carbocycles. The molecular weight excluding hydrogens is 476 g/mol. The molecule has 0 aliphatic carbocycles. The lowest BCUT2D eigenvalue weighted by molar-refractivity contribution is -0.105. The number of ether oxygens (including phenoxy) is 1. The summed E-state index contributed by atoms with van der Waals surface area (Å²) in [7, 11) is 5.71. The number of anilines is 2. The molecule has 1 saturated heterocycles. The molecule has 1 aliphatic heterocycles. The highest BCUT2D eigenvalue weighted by molar-refractivity contribution is 7.09. The van der Waals surface area contributed by atoms with Gasteiger partial charge in [0.25, 0.3) is 0 Å². The van der Waals surface area contributed by atoms with Gasteiger partial charge in [0.15, 0.2) is 6.29 Å². The molecular formula is C26H44N6O3S. The topological polar surface area (TPSA) is 98.8 Å². The molecule has 0 radical (unpaired) electrons.